The van der Waals surface area contributed by atoms with Gasteiger partial charge in [-0.05, 0) is 19.3 Å². The van der Waals surface area contributed by atoms with Crippen LogP contribution in [-0.4, -0.2) is 13.1 Å². The maximum absolute atomic E-state index is 11.4. The lowest BCUT2D eigenvalue weighted by molar-refractivity contribution is -0.136. The number of hydrogen-bond donors (Lipinski definition) is 0. The largest absolute Gasteiger partial charge is 0.466 e. The van der Waals surface area contributed by atoms with E-state index in [1.54, 1.807) is 0 Å². The number of hydrogen-bond acceptors (Lipinski definition) is 2. The highest BCUT2D eigenvalue weighted by atomic mass is 16.5. The lowest BCUT2D eigenvalue weighted by Crippen LogP contribution is -2.03. The number of methoxy groups -OCH3 is 1. The summed E-state index contributed by atoms with van der Waals surface area (Å²) in [6, 6.07) is 0. The number of rotatable bonds is 17. The van der Waals surface area contributed by atoms with Crippen LogP contribution < -0.4 is 0 Å². The fraction of sp³-hybridized carbons (Fsp3) is 0.870. The summed E-state index contributed by atoms with van der Waals surface area (Å²) in [6.07, 6.45) is 22.8. The van der Waals surface area contributed by atoms with E-state index in [1.807, 2.05) is 13.0 Å². The van der Waals surface area contributed by atoms with Crippen molar-refractivity contribution >= 4 is 5.97 Å². The van der Waals surface area contributed by atoms with Gasteiger partial charge in [0.15, 0.2) is 0 Å². The summed E-state index contributed by atoms with van der Waals surface area (Å²) >= 11 is 0. The van der Waals surface area contributed by atoms with Crippen LogP contribution in [0.2, 0.25) is 0 Å². The van der Waals surface area contributed by atoms with Crippen molar-refractivity contribution in [2.24, 2.45) is 5.92 Å². The monoisotopic (exact) mass is 352 g/mol. The molecule has 0 aromatic heterocycles. The zero-order valence-corrected chi connectivity index (χ0v) is 17.6. The summed E-state index contributed by atoms with van der Waals surface area (Å²) in [6.45, 7) is 6.31. The highest BCUT2D eigenvalue weighted by molar-refractivity contribution is 5.87. The van der Waals surface area contributed by atoms with Gasteiger partial charge < -0.3 is 4.74 Å². The van der Waals surface area contributed by atoms with E-state index in [9.17, 15) is 4.79 Å². The zero-order chi connectivity index (χ0) is 18.8. The molecule has 0 amide bonds. The van der Waals surface area contributed by atoms with Crippen LogP contribution in [0.3, 0.4) is 0 Å². The van der Waals surface area contributed by atoms with Crippen molar-refractivity contribution in [2.75, 3.05) is 7.11 Å². The lowest BCUT2D eigenvalue weighted by Gasteiger charge is -2.08. The maximum atomic E-state index is 11.4. The summed E-state index contributed by atoms with van der Waals surface area (Å²) in [7, 11) is 1.44. The summed E-state index contributed by atoms with van der Waals surface area (Å²) < 4.78 is 4.73. The Labute approximate surface area is 157 Å². The van der Waals surface area contributed by atoms with Gasteiger partial charge in [0.25, 0.3) is 0 Å². The lowest BCUT2D eigenvalue weighted by atomic mass is 9.99. The quantitative estimate of drug-likeness (QED) is 0.153. The molecule has 1 atom stereocenters. The van der Waals surface area contributed by atoms with Gasteiger partial charge in [0.2, 0.25) is 0 Å². The fourth-order valence-electron chi connectivity index (χ4n) is 3.40. The summed E-state index contributed by atoms with van der Waals surface area (Å²) in [5.74, 6) is 0.268. The van der Waals surface area contributed by atoms with Crippen molar-refractivity contribution in [1.29, 1.82) is 0 Å². The van der Waals surface area contributed by atoms with Gasteiger partial charge in [-0.2, -0.15) is 0 Å². The number of allylic oxidation sites excluding steroid dienone is 1. The van der Waals surface area contributed by atoms with Crippen molar-refractivity contribution in [2.45, 2.75) is 117 Å². The maximum Gasteiger partial charge on any atom is 0.333 e. The van der Waals surface area contributed by atoms with Crippen molar-refractivity contribution in [3.63, 3.8) is 0 Å². The molecule has 0 saturated carbocycles. The van der Waals surface area contributed by atoms with Gasteiger partial charge in [0, 0.05) is 5.57 Å². The van der Waals surface area contributed by atoms with Gasteiger partial charge in [-0.3, -0.25) is 0 Å². The van der Waals surface area contributed by atoms with Crippen LogP contribution in [0.15, 0.2) is 11.6 Å². The molecule has 0 aromatic carbocycles. The molecule has 148 valence electrons. The molecular formula is C23H44O2. The average Bonchev–Trinajstić information content (AvgIpc) is 2.61. The molecule has 0 spiro atoms. The second-order valence-electron chi connectivity index (χ2n) is 7.70. The van der Waals surface area contributed by atoms with Gasteiger partial charge in [-0.15, -0.1) is 0 Å². The van der Waals surface area contributed by atoms with E-state index in [0.717, 1.165) is 5.57 Å². The molecule has 25 heavy (non-hydrogen) atoms. The minimum absolute atomic E-state index is 0.201. The Hall–Kier alpha value is -0.790. The SMILES string of the molecule is CCCCCCCCCCCCCCCC[C@@H](C)/C=C(\C)C(=O)OC. The normalized spacial score (nSPS) is 13.0. The van der Waals surface area contributed by atoms with Gasteiger partial charge in [0.1, 0.15) is 0 Å². The van der Waals surface area contributed by atoms with Crippen LogP contribution >= 0.6 is 0 Å². The summed E-state index contributed by atoms with van der Waals surface area (Å²) in [5, 5.41) is 0. The molecule has 0 N–H and O–H groups in total. The average molecular weight is 353 g/mol. The molecular weight excluding hydrogens is 308 g/mol. The summed E-state index contributed by atoms with van der Waals surface area (Å²) in [5.41, 5.74) is 0.736. The van der Waals surface area contributed by atoms with E-state index in [0.29, 0.717) is 5.92 Å². The van der Waals surface area contributed by atoms with E-state index in [-0.39, 0.29) is 5.97 Å². The zero-order valence-electron chi connectivity index (χ0n) is 17.6. The molecule has 2 heteroatoms. The summed E-state index contributed by atoms with van der Waals surface area (Å²) in [4.78, 5) is 11.4. The highest BCUT2D eigenvalue weighted by Gasteiger charge is 2.05. The van der Waals surface area contributed by atoms with Crippen molar-refractivity contribution in [1.82, 2.24) is 0 Å². The Bertz CT molecular complexity index is 333. The van der Waals surface area contributed by atoms with Crippen molar-refractivity contribution < 1.29 is 9.53 Å². The molecule has 0 rings (SSSR count). The minimum Gasteiger partial charge on any atom is -0.466 e. The van der Waals surface area contributed by atoms with Crippen LogP contribution in [0, 0.1) is 5.92 Å². The topological polar surface area (TPSA) is 26.3 Å². The van der Waals surface area contributed by atoms with Crippen LogP contribution in [-0.2, 0) is 9.53 Å². The first-order chi connectivity index (χ1) is 12.1. The van der Waals surface area contributed by atoms with E-state index in [4.69, 9.17) is 4.74 Å². The third-order valence-electron chi connectivity index (χ3n) is 5.05. The second kappa shape index (κ2) is 18.0. The molecule has 0 aliphatic rings. The predicted octanol–water partition coefficient (Wildman–Crippen LogP) is 7.61. The third kappa shape index (κ3) is 16.4. The van der Waals surface area contributed by atoms with Crippen LogP contribution in [0.4, 0.5) is 0 Å². The Kier molecular flexibility index (Phi) is 17.4. The predicted molar refractivity (Wildman–Crippen MR) is 110 cm³/mol. The van der Waals surface area contributed by atoms with Crippen LogP contribution in [0.1, 0.15) is 117 Å². The van der Waals surface area contributed by atoms with Crippen molar-refractivity contribution in [3.8, 4) is 0 Å². The fourth-order valence-corrected chi connectivity index (χ4v) is 3.40. The van der Waals surface area contributed by atoms with Crippen LogP contribution in [0.5, 0.6) is 0 Å². The third-order valence-corrected chi connectivity index (χ3v) is 5.05. The van der Waals surface area contributed by atoms with Gasteiger partial charge in [0.05, 0.1) is 7.11 Å². The van der Waals surface area contributed by atoms with E-state index < -0.39 is 0 Å². The Morgan fingerprint density at radius 1 is 0.800 bits per heavy atom. The highest BCUT2D eigenvalue weighted by Crippen LogP contribution is 2.16. The standard InChI is InChI=1S/C23H44O2/c1-5-6-7-8-9-10-11-12-13-14-15-16-17-18-19-21(2)20-22(3)23(24)25-4/h20-21H,5-19H2,1-4H3/b22-20+/t21-/m1/s1. The molecule has 0 unspecified atom stereocenters. The molecule has 0 heterocycles. The Morgan fingerprint density at radius 3 is 1.60 bits per heavy atom. The molecule has 0 bridgehead atoms. The molecule has 0 fully saturated rings. The van der Waals surface area contributed by atoms with E-state index >= 15 is 0 Å². The first-order valence-electron chi connectivity index (χ1n) is 10.9. The first kappa shape index (κ1) is 24.2. The number of carbonyl (C=O) groups excluding carboxylic acids is 1. The van der Waals surface area contributed by atoms with E-state index in [2.05, 4.69) is 13.8 Å². The van der Waals surface area contributed by atoms with Crippen molar-refractivity contribution in [3.05, 3.63) is 11.6 Å². The molecule has 0 aliphatic carbocycles. The van der Waals surface area contributed by atoms with Gasteiger partial charge >= 0.3 is 5.97 Å². The number of unbranched alkanes of at least 4 members (excludes halogenated alkanes) is 13. The Balaban J connectivity index is 3.32. The second-order valence-corrected chi connectivity index (χ2v) is 7.70. The first-order valence-corrected chi connectivity index (χ1v) is 10.9. The van der Waals surface area contributed by atoms with Crippen LogP contribution in [0.25, 0.3) is 0 Å². The Morgan fingerprint density at radius 2 is 1.20 bits per heavy atom. The van der Waals surface area contributed by atoms with E-state index in [1.165, 1.54) is 103 Å². The van der Waals surface area contributed by atoms with Gasteiger partial charge in [-0.1, -0.05) is 110 Å². The number of esters is 1. The molecule has 2 nitrogen and oxygen atoms in total. The van der Waals surface area contributed by atoms with Gasteiger partial charge in [-0.25, -0.2) is 4.79 Å². The smallest absolute Gasteiger partial charge is 0.333 e. The molecule has 0 aliphatic heterocycles. The minimum atomic E-state index is -0.201. The molecule has 0 aromatic rings. The number of carbonyl (C=O) groups is 1. The molecule has 0 saturated heterocycles. The molecule has 0 radical (unpaired) electrons. The number of ether oxygens (including phenoxy) is 1.